The summed E-state index contributed by atoms with van der Waals surface area (Å²) in [5.74, 6) is 0.890. The summed E-state index contributed by atoms with van der Waals surface area (Å²) in [6.45, 7) is 13.1. The average Bonchev–Trinajstić information content (AvgIpc) is 2.45. The third-order valence-corrected chi connectivity index (χ3v) is 4.29. The maximum Gasteiger partial charge on any atom is 0.125 e. The van der Waals surface area contributed by atoms with Crippen molar-refractivity contribution in [2.24, 2.45) is 5.73 Å². The Morgan fingerprint density at radius 3 is 2.24 bits per heavy atom. The number of anilines is 1. The van der Waals surface area contributed by atoms with Crippen LogP contribution in [0.1, 0.15) is 39.3 Å². The molecule has 4 heteroatoms. The summed E-state index contributed by atoms with van der Waals surface area (Å²) in [4.78, 5) is 4.97. The van der Waals surface area contributed by atoms with Crippen LogP contribution >= 0.6 is 0 Å². The van der Waals surface area contributed by atoms with Crippen LogP contribution in [0, 0.1) is 0 Å². The first-order valence-corrected chi connectivity index (χ1v) is 7.77. The van der Waals surface area contributed by atoms with Crippen LogP contribution < -0.4 is 15.4 Å². The van der Waals surface area contributed by atoms with Gasteiger partial charge in [0.2, 0.25) is 0 Å². The van der Waals surface area contributed by atoms with Crippen LogP contribution in [0.5, 0.6) is 5.75 Å². The maximum atomic E-state index is 6.18. The summed E-state index contributed by atoms with van der Waals surface area (Å²) < 4.78 is 5.50. The van der Waals surface area contributed by atoms with E-state index >= 15 is 0 Å². The van der Waals surface area contributed by atoms with Gasteiger partial charge >= 0.3 is 0 Å². The Hall–Kier alpha value is -1.26. The molecule has 1 heterocycles. The molecule has 0 bridgehead atoms. The highest BCUT2D eigenvalue weighted by Crippen LogP contribution is 2.34. The Kier molecular flexibility index (Phi) is 4.79. The van der Waals surface area contributed by atoms with Crippen molar-refractivity contribution in [1.82, 2.24) is 4.90 Å². The number of hydrogen-bond acceptors (Lipinski definition) is 4. The van der Waals surface area contributed by atoms with E-state index in [1.54, 1.807) is 7.11 Å². The molecular formula is C17H29N3O. The highest BCUT2D eigenvalue weighted by molar-refractivity contribution is 5.61. The van der Waals surface area contributed by atoms with Gasteiger partial charge in [0.05, 0.1) is 7.11 Å². The molecule has 0 aromatic heterocycles. The molecule has 0 radical (unpaired) electrons. The van der Waals surface area contributed by atoms with Crippen molar-refractivity contribution in [3.8, 4) is 5.75 Å². The Morgan fingerprint density at radius 1 is 1.14 bits per heavy atom. The van der Waals surface area contributed by atoms with Crippen LogP contribution in [-0.4, -0.2) is 43.7 Å². The largest absolute Gasteiger partial charge is 0.496 e. The summed E-state index contributed by atoms with van der Waals surface area (Å²) in [6, 6.07) is 6.18. The lowest BCUT2D eigenvalue weighted by Crippen LogP contribution is -2.53. The molecule has 21 heavy (non-hydrogen) atoms. The van der Waals surface area contributed by atoms with Crippen LogP contribution in [0.2, 0.25) is 0 Å². The van der Waals surface area contributed by atoms with Gasteiger partial charge < -0.3 is 15.4 Å². The van der Waals surface area contributed by atoms with Crippen LogP contribution in [-0.2, 0) is 0 Å². The van der Waals surface area contributed by atoms with E-state index in [2.05, 4.69) is 42.7 Å². The van der Waals surface area contributed by atoms with Gasteiger partial charge in [-0.2, -0.15) is 0 Å². The minimum atomic E-state index is -0.0307. The number of rotatable bonds is 3. The minimum Gasteiger partial charge on any atom is -0.496 e. The molecule has 1 aliphatic heterocycles. The summed E-state index contributed by atoms with van der Waals surface area (Å²) in [5, 5.41) is 0. The van der Waals surface area contributed by atoms with E-state index in [0.717, 1.165) is 37.5 Å². The molecule has 4 nitrogen and oxygen atoms in total. The summed E-state index contributed by atoms with van der Waals surface area (Å²) >= 11 is 0. The fourth-order valence-electron chi connectivity index (χ4n) is 3.06. The second kappa shape index (κ2) is 6.24. The summed E-state index contributed by atoms with van der Waals surface area (Å²) in [6.07, 6.45) is 0. The zero-order chi connectivity index (χ0) is 15.6. The molecule has 2 N–H and O–H groups in total. The van der Waals surface area contributed by atoms with Gasteiger partial charge in [-0.15, -0.1) is 0 Å². The lowest BCUT2D eigenvalue weighted by Gasteiger charge is -2.43. The molecule has 0 spiro atoms. The van der Waals surface area contributed by atoms with E-state index in [1.807, 2.05) is 13.0 Å². The van der Waals surface area contributed by atoms with Crippen molar-refractivity contribution >= 4 is 5.69 Å². The number of ether oxygens (including phenoxy) is 1. The molecule has 2 rings (SSSR count). The van der Waals surface area contributed by atoms with Gasteiger partial charge in [-0.3, -0.25) is 4.90 Å². The number of methoxy groups -OCH3 is 1. The van der Waals surface area contributed by atoms with Crippen LogP contribution in [0.15, 0.2) is 18.2 Å². The number of nitrogens with two attached hydrogens (primary N) is 1. The first kappa shape index (κ1) is 16.1. The third-order valence-electron chi connectivity index (χ3n) is 4.29. The highest BCUT2D eigenvalue weighted by Gasteiger charge is 2.27. The zero-order valence-electron chi connectivity index (χ0n) is 14.0. The average molecular weight is 291 g/mol. The standard InChI is InChI=1S/C17H29N3O/c1-13(18)16-14(7-6-8-15(16)21-5)19-9-11-20(12-10-19)17(2,3)4/h6-8,13H,9-12,18H2,1-5H3/t13-/m1/s1. The number of nitrogens with zero attached hydrogens (tertiary/aromatic N) is 2. The molecule has 118 valence electrons. The highest BCUT2D eigenvalue weighted by atomic mass is 16.5. The van der Waals surface area contributed by atoms with E-state index in [0.29, 0.717) is 0 Å². The molecule has 1 atom stereocenters. The number of benzene rings is 1. The SMILES string of the molecule is COc1cccc(N2CCN(C(C)(C)C)CC2)c1[C@@H](C)N. The second-order valence-electron chi connectivity index (χ2n) is 6.83. The van der Waals surface area contributed by atoms with Gasteiger partial charge in [0.1, 0.15) is 5.75 Å². The molecule has 1 aromatic rings. The van der Waals surface area contributed by atoms with Crippen LogP contribution in [0.25, 0.3) is 0 Å². The van der Waals surface area contributed by atoms with E-state index in [1.165, 1.54) is 5.69 Å². The number of piperazine rings is 1. The maximum absolute atomic E-state index is 6.18. The smallest absolute Gasteiger partial charge is 0.125 e. The Balaban J connectivity index is 2.21. The quantitative estimate of drug-likeness (QED) is 0.929. The predicted octanol–water partition coefficient (Wildman–Crippen LogP) is 2.64. The van der Waals surface area contributed by atoms with Crippen molar-refractivity contribution in [3.63, 3.8) is 0 Å². The van der Waals surface area contributed by atoms with Gasteiger partial charge in [-0.1, -0.05) is 6.07 Å². The number of hydrogen-bond donors (Lipinski definition) is 1. The summed E-state index contributed by atoms with van der Waals surface area (Å²) in [5.41, 5.74) is 8.75. The molecule has 1 saturated heterocycles. The van der Waals surface area contributed by atoms with Gasteiger partial charge in [0, 0.05) is 49.0 Å². The van der Waals surface area contributed by atoms with Gasteiger partial charge in [0.15, 0.2) is 0 Å². The molecule has 0 unspecified atom stereocenters. The van der Waals surface area contributed by atoms with Gasteiger partial charge in [-0.25, -0.2) is 0 Å². The lowest BCUT2D eigenvalue weighted by atomic mass is 10.0. The zero-order valence-corrected chi connectivity index (χ0v) is 14.0. The molecule has 0 saturated carbocycles. The Bertz CT molecular complexity index is 471. The predicted molar refractivity (Wildman–Crippen MR) is 89.1 cm³/mol. The lowest BCUT2D eigenvalue weighted by molar-refractivity contribution is 0.128. The third kappa shape index (κ3) is 3.50. The topological polar surface area (TPSA) is 41.7 Å². The van der Waals surface area contributed by atoms with Crippen molar-refractivity contribution in [2.75, 3.05) is 38.2 Å². The Labute approximate surface area is 128 Å². The minimum absolute atomic E-state index is 0.0307. The van der Waals surface area contributed by atoms with Crippen molar-refractivity contribution in [3.05, 3.63) is 23.8 Å². The molecule has 0 aliphatic carbocycles. The fraction of sp³-hybridized carbons (Fsp3) is 0.647. The van der Waals surface area contributed by atoms with E-state index in [4.69, 9.17) is 10.5 Å². The van der Waals surface area contributed by atoms with Crippen LogP contribution in [0.3, 0.4) is 0 Å². The van der Waals surface area contributed by atoms with Gasteiger partial charge in [0.25, 0.3) is 0 Å². The van der Waals surface area contributed by atoms with Crippen molar-refractivity contribution in [2.45, 2.75) is 39.3 Å². The first-order chi connectivity index (χ1) is 9.84. The molecule has 1 aliphatic rings. The normalized spacial score (nSPS) is 18.7. The monoisotopic (exact) mass is 291 g/mol. The molecular weight excluding hydrogens is 262 g/mol. The molecule has 1 aromatic carbocycles. The van der Waals surface area contributed by atoms with Crippen molar-refractivity contribution in [1.29, 1.82) is 0 Å². The van der Waals surface area contributed by atoms with Gasteiger partial charge in [-0.05, 0) is 39.8 Å². The molecule has 0 amide bonds. The van der Waals surface area contributed by atoms with E-state index in [9.17, 15) is 0 Å². The Morgan fingerprint density at radius 2 is 1.76 bits per heavy atom. The fourth-order valence-corrected chi connectivity index (χ4v) is 3.06. The second-order valence-corrected chi connectivity index (χ2v) is 6.83. The van der Waals surface area contributed by atoms with Crippen LogP contribution in [0.4, 0.5) is 5.69 Å². The molecule has 1 fully saturated rings. The van der Waals surface area contributed by atoms with E-state index < -0.39 is 0 Å². The first-order valence-electron chi connectivity index (χ1n) is 7.77. The van der Waals surface area contributed by atoms with Crippen molar-refractivity contribution < 1.29 is 4.74 Å². The van der Waals surface area contributed by atoms with E-state index in [-0.39, 0.29) is 11.6 Å². The summed E-state index contributed by atoms with van der Waals surface area (Å²) in [7, 11) is 1.71.